The van der Waals surface area contributed by atoms with E-state index in [0.29, 0.717) is 6.42 Å². The molecule has 5 atom stereocenters. The van der Waals surface area contributed by atoms with Crippen LogP contribution in [0.15, 0.2) is 11.6 Å². The number of epoxide rings is 1. The van der Waals surface area contributed by atoms with Crippen LogP contribution >= 0.6 is 0 Å². The molecule has 0 spiro atoms. The fourth-order valence-electron chi connectivity index (χ4n) is 3.90. The van der Waals surface area contributed by atoms with Crippen molar-refractivity contribution in [2.45, 2.75) is 84.7 Å². The molecule has 136 valence electrons. The first kappa shape index (κ1) is 19.0. The molecule has 1 saturated heterocycles. The minimum atomic E-state index is -0.400. The molecule has 0 bridgehead atoms. The van der Waals surface area contributed by atoms with E-state index in [9.17, 15) is 9.59 Å². The molecule has 0 N–H and O–H groups in total. The summed E-state index contributed by atoms with van der Waals surface area (Å²) >= 11 is 0. The van der Waals surface area contributed by atoms with E-state index in [1.54, 1.807) is 0 Å². The molecule has 0 aromatic rings. The van der Waals surface area contributed by atoms with E-state index in [1.165, 1.54) is 19.4 Å². The Morgan fingerprint density at radius 3 is 2.42 bits per heavy atom. The number of hydrogen-bond acceptors (Lipinski definition) is 5. The van der Waals surface area contributed by atoms with Gasteiger partial charge in [0, 0.05) is 26.2 Å². The zero-order valence-electron chi connectivity index (χ0n) is 15.6. The average Bonchev–Trinajstić information content (AvgIpc) is 3.07. The summed E-state index contributed by atoms with van der Waals surface area (Å²) in [6.07, 6.45) is 3.80. The molecule has 0 saturated carbocycles. The first-order valence-electron chi connectivity index (χ1n) is 8.82. The van der Waals surface area contributed by atoms with Crippen molar-refractivity contribution in [2.75, 3.05) is 0 Å². The van der Waals surface area contributed by atoms with Gasteiger partial charge in [-0.2, -0.15) is 0 Å². The molecule has 2 rings (SSSR count). The molecule has 0 radical (unpaired) electrons. The zero-order valence-corrected chi connectivity index (χ0v) is 15.6. The maximum Gasteiger partial charge on any atom is 0.303 e. The Balaban J connectivity index is 2.40. The van der Waals surface area contributed by atoms with Gasteiger partial charge >= 0.3 is 11.9 Å². The summed E-state index contributed by atoms with van der Waals surface area (Å²) in [4.78, 5) is 23.3. The Kier molecular flexibility index (Phi) is 5.74. The standard InChI is InChI=1S/C19H30O5/c1-11(2)16-15(22-13(4)20)10-12(3)8-7-9-19(6)18(24-19)17(16)23-14(5)21/h8,11,15-18H,7,9-10H2,1-6H3/t15-,16-,17-,18-,19-/m1/s1. The summed E-state index contributed by atoms with van der Waals surface area (Å²) in [5, 5.41) is 0. The second-order valence-corrected chi connectivity index (χ2v) is 7.69. The monoisotopic (exact) mass is 338 g/mol. The molecule has 24 heavy (non-hydrogen) atoms. The first-order chi connectivity index (χ1) is 11.1. The molecule has 5 nitrogen and oxygen atoms in total. The van der Waals surface area contributed by atoms with Crippen LogP contribution in [0.3, 0.4) is 0 Å². The summed E-state index contributed by atoms with van der Waals surface area (Å²) in [5.74, 6) is -0.559. The van der Waals surface area contributed by atoms with Crippen LogP contribution in [-0.2, 0) is 23.8 Å². The van der Waals surface area contributed by atoms with Gasteiger partial charge in [-0.25, -0.2) is 0 Å². The Bertz CT molecular complexity index is 524. The Labute approximate surface area is 144 Å². The number of fused-ring (bicyclic) bond motifs is 1. The van der Waals surface area contributed by atoms with Gasteiger partial charge in [-0.15, -0.1) is 0 Å². The van der Waals surface area contributed by atoms with Gasteiger partial charge in [-0.05, 0) is 32.6 Å². The molecule has 0 unspecified atom stereocenters. The number of hydrogen-bond donors (Lipinski definition) is 0. The second-order valence-electron chi connectivity index (χ2n) is 7.69. The van der Waals surface area contributed by atoms with Crippen molar-refractivity contribution in [3.63, 3.8) is 0 Å². The third-order valence-electron chi connectivity index (χ3n) is 5.09. The van der Waals surface area contributed by atoms with Gasteiger partial charge in [-0.1, -0.05) is 25.5 Å². The molecule has 0 aromatic heterocycles. The summed E-state index contributed by atoms with van der Waals surface area (Å²) in [5.41, 5.74) is 0.915. The van der Waals surface area contributed by atoms with E-state index in [1.807, 2.05) is 0 Å². The topological polar surface area (TPSA) is 65.1 Å². The maximum atomic E-state index is 11.7. The van der Waals surface area contributed by atoms with Crippen molar-refractivity contribution >= 4 is 11.9 Å². The second kappa shape index (κ2) is 7.26. The Hall–Kier alpha value is -1.36. The highest BCUT2D eigenvalue weighted by molar-refractivity contribution is 5.67. The van der Waals surface area contributed by atoms with Crippen LogP contribution in [0.1, 0.15) is 60.8 Å². The summed E-state index contributed by atoms with van der Waals surface area (Å²) < 4.78 is 17.3. The number of carbonyl (C=O) groups excluding carboxylic acids is 2. The SMILES string of the molecule is CC(=O)O[C@@H]1[C@H](C(C)C)[C@H](OC(C)=O)CC(C)=CCC[C@@]2(C)O[C@H]12. The fraction of sp³-hybridized carbons (Fsp3) is 0.789. The smallest absolute Gasteiger partial charge is 0.303 e. The average molecular weight is 338 g/mol. The lowest BCUT2D eigenvalue weighted by molar-refractivity contribution is -0.163. The minimum Gasteiger partial charge on any atom is -0.462 e. The van der Waals surface area contributed by atoms with Crippen LogP contribution in [0.4, 0.5) is 0 Å². The summed E-state index contributed by atoms with van der Waals surface area (Å²) in [7, 11) is 0. The van der Waals surface area contributed by atoms with E-state index in [0.717, 1.165) is 12.8 Å². The van der Waals surface area contributed by atoms with Crippen molar-refractivity contribution < 1.29 is 23.8 Å². The van der Waals surface area contributed by atoms with Crippen LogP contribution in [0.2, 0.25) is 0 Å². The van der Waals surface area contributed by atoms with Crippen LogP contribution in [0, 0.1) is 11.8 Å². The Morgan fingerprint density at radius 2 is 1.88 bits per heavy atom. The number of ether oxygens (including phenoxy) is 3. The number of esters is 2. The lowest BCUT2D eigenvalue weighted by atomic mass is 9.78. The third kappa shape index (κ3) is 4.38. The van der Waals surface area contributed by atoms with Gasteiger partial charge in [0.25, 0.3) is 0 Å². The van der Waals surface area contributed by atoms with Gasteiger partial charge in [-0.3, -0.25) is 9.59 Å². The maximum absolute atomic E-state index is 11.7. The van der Waals surface area contributed by atoms with Crippen molar-refractivity contribution in [1.29, 1.82) is 0 Å². The van der Waals surface area contributed by atoms with Crippen molar-refractivity contribution in [3.8, 4) is 0 Å². The zero-order chi connectivity index (χ0) is 18.1. The van der Waals surface area contributed by atoms with Gasteiger partial charge in [0.1, 0.15) is 18.3 Å². The highest BCUT2D eigenvalue weighted by Crippen LogP contribution is 2.48. The third-order valence-corrected chi connectivity index (χ3v) is 5.09. The van der Waals surface area contributed by atoms with Gasteiger partial charge in [0.2, 0.25) is 0 Å². The molecule has 0 aromatic carbocycles. The van der Waals surface area contributed by atoms with Crippen LogP contribution in [-0.4, -0.2) is 35.9 Å². The lowest BCUT2D eigenvalue weighted by Crippen LogP contribution is -2.45. The quantitative estimate of drug-likeness (QED) is 0.448. The van der Waals surface area contributed by atoms with E-state index < -0.39 is 6.10 Å². The van der Waals surface area contributed by atoms with E-state index in [-0.39, 0.29) is 41.6 Å². The molecule has 5 heteroatoms. The predicted molar refractivity (Wildman–Crippen MR) is 90.3 cm³/mol. The predicted octanol–water partition coefficient (Wildman–Crippen LogP) is 3.41. The van der Waals surface area contributed by atoms with Crippen molar-refractivity contribution in [3.05, 3.63) is 11.6 Å². The molecule has 1 fully saturated rings. The van der Waals surface area contributed by atoms with Crippen LogP contribution < -0.4 is 0 Å². The van der Waals surface area contributed by atoms with Gasteiger partial charge in [0.05, 0.1) is 5.60 Å². The number of carbonyl (C=O) groups is 2. The first-order valence-corrected chi connectivity index (χ1v) is 8.82. The number of allylic oxidation sites excluding steroid dienone is 1. The van der Waals surface area contributed by atoms with E-state index in [4.69, 9.17) is 14.2 Å². The van der Waals surface area contributed by atoms with Gasteiger partial charge < -0.3 is 14.2 Å². The molecular weight excluding hydrogens is 308 g/mol. The Morgan fingerprint density at radius 1 is 1.25 bits per heavy atom. The molecule has 1 aliphatic heterocycles. The molecule has 2 aliphatic rings. The molecule has 1 aliphatic carbocycles. The number of rotatable bonds is 3. The van der Waals surface area contributed by atoms with E-state index >= 15 is 0 Å². The lowest BCUT2D eigenvalue weighted by Gasteiger charge is -2.36. The minimum absolute atomic E-state index is 0.105. The highest BCUT2D eigenvalue weighted by Gasteiger charge is 2.60. The summed E-state index contributed by atoms with van der Waals surface area (Å²) in [6.45, 7) is 11.1. The van der Waals surface area contributed by atoms with Crippen molar-refractivity contribution in [2.24, 2.45) is 11.8 Å². The fourth-order valence-corrected chi connectivity index (χ4v) is 3.90. The summed E-state index contributed by atoms with van der Waals surface area (Å²) in [6, 6.07) is 0. The van der Waals surface area contributed by atoms with Crippen LogP contribution in [0.25, 0.3) is 0 Å². The molecule has 1 heterocycles. The molecular formula is C19H30O5. The molecule has 0 amide bonds. The normalized spacial score (nSPS) is 36.4. The van der Waals surface area contributed by atoms with Gasteiger partial charge in [0.15, 0.2) is 0 Å². The highest BCUT2D eigenvalue weighted by atomic mass is 16.6. The van der Waals surface area contributed by atoms with E-state index in [2.05, 4.69) is 33.8 Å². The van der Waals surface area contributed by atoms with Crippen molar-refractivity contribution in [1.82, 2.24) is 0 Å². The largest absolute Gasteiger partial charge is 0.462 e. The van der Waals surface area contributed by atoms with Crippen LogP contribution in [0.5, 0.6) is 0 Å².